The molecule has 0 aliphatic rings. The quantitative estimate of drug-likeness (QED) is 0.387. The smallest absolute Gasteiger partial charge is 0.408 e. The molecule has 0 saturated carbocycles. The Morgan fingerprint density at radius 1 is 1.00 bits per heavy atom. The van der Waals surface area contributed by atoms with Gasteiger partial charge in [-0.15, -0.1) is 6.42 Å². The van der Waals surface area contributed by atoms with Crippen molar-refractivity contribution in [3.63, 3.8) is 0 Å². The van der Waals surface area contributed by atoms with Crippen molar-refractivity contribution in [1.29, 1.82) is 0 Å². The Morgan fingerprint density at radius 2 is 1.63 bits per heavy atom. The molecule has 0 aromatic heterocycles. The highest BCUT2D eigenvalue weighted by atomic mass is 16.6. The van der Waals surface area contributed by atoms with Gasteiger partial charge in [0.25, 0.3) is 5.91 Å². The average Bonchev–Trinajstić information content (AvgIpc) is 2.84. The highest BCUT2D eigenvalue weighted by Gasteiger charge is 2.35. The van der Waals surface area contributed by atoms with E-state index < -0.39 is 23.6 Å². The summed E-state index contributed by atoms with van der Waals surface area (Å²) in [4.78, 5) is 41.4. The van der Waals surface area contributed by atoms with Gasteiger partial charge in [-0.2, -0.15) is 0 Å². The summed E-state index contributed by atoms with van der Waals surface area (Å²) >= 11 is 0. The molecule has 0 radical (unpaired) electrons. The second-order valence-corrected chi connectivity index (χ2v) is 10.9. The third-order valence-corrected chi connectivity index (χ3v) is 6.03. The van der Waals surface area contributed by atoms with Crippen LogP contribution >= 0.6 is 0 Å². The van der Waals surface area contributed by atoms with E-state index >= 15 is 0 Å². The van der Waals surface area contributed by atoms with Crippen LogP contribution in [0.25, 0.3) is 0 Å². The molecule has 0 heterocycles. The summed E-state index contributed by atoms with van der Waals surface area (Å²) in [6.07, 6.45) is 6.40. The van der Waals surface area contributed by atoms with Crippen LogP contribution in [0, 0.1) is 25.2 Å². The molecular formula is C31H41N3O4. The number of para-hydroxylation sites is 1. The van der Waals surface area contributed by atoms with E-state index in [0.29, 0.717) is 29.2 Å². The minimum absolute atomic E-state index is 0.287. The van der Waals surface area contributed by atoms with Crippen LogP contribution < -0.4 is 10.6 Å². The van der Waals surface area contributed by atoms with Crippen molar-refractivity contribution in [3.8, 4) is 12.3 Å². The number of alkyl carbamates (subject to hydrolysis) is 1. The van der Waals surface area contributed by atoms with Gasteiger partial charge in [0.05, 0.1) is 0 Å². The van der Waals surface area contributed by atoms with Gasteiger partial charge in [-0.3, -0.25) is 9.59 Å². The zero-order valence-corrected chi connectivity index (χ0v) is 23.6. The van der Waals surface area contributed by atoms with Crippen molar-refractivity contribution in [2.75, 3.05) is 11.9 Å². The molecule has 0 bridgehead atoms. The summed E-state index contributed by atoms with van der Waals surface area (Å²) in [5, 5.41) is 5.55. The molecule has 2 rings (SSSR count). The van der Waals surface area contributed by atoms with Gasteiger partial charge in [-0.05, 0) is 82.7 Å². The maximum absolute atomic E-state index is 13.9. The van der Waals surface area contributed by atoms with Gasteiger partial charge in [0, 0.05) is 17.3 Å². The van der Waals surface area contributed by atoms with Crippen molar-refractivity contribution in [2.24, 2.45) is 5.92 Å². The number of rotatable bonds is 10. The Morgan fingerprint density at radius 3 is 2.18 bits per heavy atom. The third kappa shape index (κ3) is 9.26. The van der Waals surface area contributed by atoms with Crippen molar-refractivity contribution in [3.05, 3.63) is 65.2 Å². The Balaban J connectivity index is 2.48. The molecule has 0 aliphatic carbocycles. The molecule has 38 heavy (non-hydrogen) atoms. The van der Waals surface area contributed by atoms with E-state index in [2.05, 4.69) is 30.4 Å². The zero-order chi connectivity index (χ0) is 28.5. The molecule has 7 nitrogen and oxygen atoms in total. The molecule has 3 amide bonds. The van der Waals surface area contributed by atoms with E-state index in [1.54, 1.807) is 49.9 Å². The molecule has 2 aromatic carbocycles. The number of hydrogen-bond acceptors (Lipinski definition) is 4. The number of hydrogen-bond donors (Lipinski definition) is 2. The third-order valence-electron chi connectivity index (χ3n) is 6.03. The topological polar surface area (TPSA) is 87.7 Å². The molecule has 2 aromatic rings. The summed E-state index contributed by atoms with van der Waals surface area (Å²) in [5.41, 5.74) is 2.16. The molecule has 7 heteroatoms. The van der Waals surface area contributed by atoms with Gasteiger partial charge in [-0.1, -0.05) is 50.1 Å². The summed E-state index contributed by atoms with van der Waals surface area (Å²) < 4.78 is 5.30. The lowest BCUT2D eigenvalue weighted by Gasteiger charge is -2.37. The standard InChI is InChI=1S/C31H41N3O4/c1-9-24-16-18-25(19-17-24)28(29(36)33-26-13-11-10-12-22(26)4)34(23(5)15-14-21(2)3)27(35)20-32-30(37)38-31(6,7)8/h1,10-13,16-19,21,23,28H,14-15,20H2,2-8H3,(H,32,37)(H,33,36). The van der Waals surface area contributed by atoms with E-state index in [4.69, 9.17) is 11.2 Å². The normalized spacial score (nSPS) is 12.7. The average molecular weight is 520 g/mol. The fraction of sp³-hybridized carbons (Fsp3) is 0.452. The number of ether oxygens (including phenoxy) is 1. The molecule has 0 fully saturated rings. The van der Waals surface area contributed by atoms with Crippen LogP contribution in [0.2, 0.25) is 0 Å². The first kappa shape index (κ1) is 30.4. The highest BCUT2D eigenvalue weighted by molar-refractivity contribution is 5.99. The van der Waals surface area contributed by atoms with Gasteiger partial charge < -0.3 is 20.3 Å². The van der Waals surface area contributed by atoms with Crippen molar-refractivity contribution in [2.45, 2.75) is 79.0 Å². The largest absolute Gasteiger partial charge is 0.444 e. The molecule has 0 saturated heterocycles. The van der Waals surface area contributed by atoms with Gasteiger partial charge in [0.15, 0.2) is 0 Å². The number of aryl methyl sites for hydroxylation is 1. The Kier molecular flexibility index (Phi) is 10.9. The van der Waals surface area contributed by atoms with Crippen LogP contribution in [0.5, 0.6) is 0 Å². The van der Waals surface area contributed by atoms with Gasteiger partial charge in [0.1, 0.15) is 18.2 Å². The summed E-state index contributed by atoms with van der Waals surface area (Å²) in [6.45, 7) is 13.0. The maximum atomic E-state index is 13.9. The SMILES string of the molecule is C#Cc1ccc(C(C(=O)Nc2ccccc2C)N(C(=O)CNC(=O)OC(C)(C)C)C(C)CCC(C)C)cc1. The molecule has 0 aliphatic heterocycles. The predicted molar refractivity (Wildman–Crippen MR) is 152 cm³/mol. The molecule has 2 atom stereocenters. The minimum Gasteiger partial charge on any atom is -0.444 e. The molecule has 2 unspecified atom stereocenters. The molecule has 204 valence electrons. The molecule has 0 spiro atoms. The van der Waals surface area contributed by atoms with E-state index in [1.165, 1.54) is 0 Å². The fourth-order valence-corrected chi connectivity index (χ4v) is 4.03. The van der Waals surface area contributed by atoms with Crippen LogP contribution in [-0.2, 0) is 14.3 Å². The molecule has 2 N–H and O–H groups in total. The van der Waals surface area contributed by atoms with Crippen molar-refractivity contribution < 1.29 is 19.1 Å². The summed E-state index contributed by atoms with van der Waals surface area (Å²) in [5.74, 6) is 2.26. The Labute approximate surface area is 227 Å². The number of anilines is 1. The van der Waals surface area contributed by atoms with Crippen LogP contribution in [0.1, 0.15) is 77.1 Å². The number of amides is 3. The highest BCUT2D eigenvalue weighted by Crippen LogP contribution is 2.28. The first-order valence-corrected chi connectivity index (χ1v) is 13.0. The second kappa shape index (κ2) is 13.7. The lowest BCUT2D eigenvalue weighted by Crippen LogP contribution is -2.50. The second-order valence-electron chi connectivity index (χ2n) is 10.9. The van der Waals surface area contributed by atoms with E-state index in [0.717, 1.165) is 12.0 Å². The minimum atomic E-state index is -0.948. The van der Waals surface area contributed by atoms with Crippen LogP contribution in [0.4, 0.5) is 10.5 Å². The number of carbonyl (C=O) groups is 3. The Hall–Kier alpha value is -3.79. The number of benzene rings is 2. The lowest BCUT2D eigenvalue weighted by molar-refractivity contribution is -0.140. The van der Waals surface area contributed by atoms with E-state index in [9.17, 15) is 14.4 Å². The monoisotopic (exact) mass is 519 g/mol. The van der Waals surface area contributed by atoms with Crippen molar-refractivity contribution in [1.82, 2.24) is 10.2 Å². The van der Waals surface area contributed by atoms with E-state index in [1.807, 2.05) is 38.1 Å². The molecular weight excluding hydrogens is 478 g/mol. The van der Waals surface area contributed by atoms with Crippen LogP contribution in [0.15, 0.2) is 48.5 Å². The van der Waals surface area contributed by atoms with Gasteiger partial charge in [-0.25, -0.2) is 4.79 Å². The van der Waals surface area contributed by atoms with Gasteiger partial charge in [0.2, 0.25) is 5.91 Å². The zero-order valence-electron chi connectivity index (χ0n) is 23.6. The van der Waals surface area contributed by atoms with Crippen LogP contribution in [0.3, 0.4) is 0 Å². The first-order chi connectivity index (χ1) is 17.8. The number of nitrogens with zero attached hydrogens (tertiary/aromatic N) is 1. The number of nitrogens with one attached hydrogen (secondary N) is 2. The van der Waals surface area contributed by atoms with Gasteiger partial charge >= 0.3 is 6.09 Å². The first-order valence-electron chi connectivity index (χ1n) is 13.0. The number of carbonyl (C=O) groups excluding carboxylic acids is 3. The predicted octanol–water partition coefficient (Wildman–Crippen LogP) is 5.83. The fourth-order valence-electron chi connectivity index (χ4n) is 4.03. The number of terminal acetylenes is 1. The maximum Gasteiger partial charge on any atom is 0.408 e. The Bertz CT molecular complexity index is 1140. The van der Waals surface area contributed by atoms with Crippen LogP contribution in [-0.4, -0.2) is 41.0 Å². The van der Waals surface area contributed by atoms with E-state index in [-0.39, 0.29) is 18.5 Å². The summed E-state index contributed by atoms with van der Waals surface area (Å²) in [6, 6.07) is 13.3. The lowest BCUT2D eigenvalue weighted by atomic mass is 9.97. The summed E-state index contributed by atoms with van der Waals surface area (Å²) in [7, 11) is 0. The van der Waals surface area contributed by atoms with Crippen molar-refractivity contribution >= 4 is 23.6 Å².